The van der Waals surface area contributed by atoms with Crippen LogP contribution >= 0.6 is 0 Å². The molecule has 476 valence electrons. The van der Waals surface area contributed by atoms with E-state index >= 15 is 0 Å². The van der Waals surface area contributed by atoms with Gasteiger partial charge in [0.2, 0.25) is 0 Å². The van der Waals surface area contributed by atoms with Crippen LogP contribution in [0.15, 0.2) is 0 Å². The van der Waals surface area contributed by atoms with E-state index in [1.165, 1.54) is 340 Å². The van der Waals surface area contributed by atoms with Crippen molar-refractivity contribution in [1.29, 1.82) is 0 Å². The van der Waals surface area contributed by atoms with E-state index in [0.29, 0.717) is 19.3 Å². The monoisotopic (exact) mass is 1130 g/mol. The van der Waals surface area contributed by atoms with E-state index in [1.54, 1.807) is 0 Å². The lowest BCUT2D eigenvalue weighted by molar-refractivity contribution is -0.167. The molecule has 80 heavy (non-hydrogen) atoms. The summed E-state index contributed by atoms with van der Waals surface area (Å²) >= 11 is 0. The molecule has 1 unspecified atom stereocenters. The Bertz CT molecular complexity index is 1200. The Labute approximate surface area is 501 Å². The maximum atomic E-state index is 12.9. The molecule has 6 heteroatoms. The summed E-state index contributed by atoms with van der Waals surface area (Å²) < 4.78 is 16.9. The summed E-state index contributed by atoms with van der Waals surface area (Å²) in [6.45, 7) is 6.71. The number of rotatable bonds is 70. The fourth-order valence-corrected chi connectivity index (χ4v) is 11.8. The van der Waals surface area contributed by atoms with E-state index in [2.05, 4.69) is 20.8 Å². The molecule has 0 aromatic heterocycles. The Kier molecular flexibility index (Phi) is 68.5. The molecule has 0 aromatic carbocycles. The van der Waals surface area contributed by atoms with Gasteiger partial charge in [-0.3, -0.25) is 14.4 Å². The highest BCUT2D eigenvalue weighted by atomic mass is 16.6. The number of carbonyl (C=O) groups is 3. The van der Waals surface area contributed by atoms with Crippen molar-refractivity contribution in [3.63, 3.8) is 0 Å². The molecular formula is C74H144O6. The first-order valence-electron chi connectivity index (χ1n) is 37.0. The maximum absolute atomic E-state index is 12.9. The van der Waals surface area contributed by atoms with Gasteiger partial charge in [-0.05, 0) is 19.3 Å². The smallest absolute Gasteiger partial charge is 0.306 e. The highest BCUT2D eigenvalue weighted by Gasteiger charge is 2.20. The van der Waals surface area contributed by atoms with Gasteiger partial charge in [0.25, 0.3) is 0 Å². The van der Waals surface area contributed by atoms with E-state index < -0.39 is 6.10 Å². The molecule has 0 saturated carbocycles. The molecular weight excluding hydrogens is 985 g/mol. The highest BCUT2D eigenvalue weighted by molar-refractivity contribution is 5.71. The summed E-state index contributed by atoms with van der Waals surface area (Å²) in [4.78, 5) is 38.3. The SMILES string of the molecule is CCCCCCCCCCCCCCCCCCCCCCCCCCCCCCCCCCCCCC(=O)OCC(COC(=O)CCCCCCCCCCC)OC(=O)CCCCCCCCCCCCCCCCCCCC. The second-order valence-corrected chi connectivity index (χ2v) is 25.6. The van der Waals surface area contributed by atoms with Crippen molar-refractivity contribution in [3.05, 3.63) is 0 Å². The fraction of sp³-hybridized carbons (Fsp3) is 0.959. The van der Waals surface area contributed by atoms with Crippen molar-refractivity contribution in [2.24, 2.45) is 0 Å². The Morgan fingerprint density at radius 3 is 0.500 bits per heavy atom. The van der Waals surface area contributed by atoms with Crippen molar-refractivity contribution in [1.82, 2.24) is 0 Å². The van der Waals surface area contributed by atoms with Gasteiger partial charge in [-0.25, -0.2) is 0 Å². The number of unbranched alkanes of at least 4 members (excludes halogenated alkanes) is 59. The Balaban J connectivity index is 3.94. The topological polar surface area (TPSA) is 78.9 Å². The van der Waals surface area contributed by atoms with Crippen molar-refractivity contribution in [2.45, 2.75) is 444 Å². The molecule has 0 fully saturated rings. The number of esters is 3. The average Bonchev–Trinajstić information content (AvgIpc) is 3.46. The van der Waals surface area contributed by atoms with E-state index in [9.17, 15) is 14.4 Å². The predicted octanol–water partition coefficient (Wildman–Crippen LogP) is 25.4. The molecule has 1 atom stereocenters. The van der Waals surface area contributed by atoms with Gasteiger partial charge in [-0.1, -0.05) is 400 Å². The second-order valence-electron chi connectivity index (χ2n) is 25.6. The number of carbonyl (C=O) groups excluding carboxylic acids is 3. The molecule has 0 bridgehead atoms. The van der Waals surface area contributed by atoms with E-state index in [4.69, 9.17) is 14.2 Å². The van der Waals surface area contributed by atoms with Crippen LogP contribution in [-0.4, -0.2) is 37.2 Å². The zero-order valence-corrected chi connectivity index (χ0v) is 54.9. The first-order chi connectivity index (χ1) is 39.5. The molecule has 0 spiro atoms. The van der Waals surface area contributed by atoms with Crippen LogP contribution in [0, 0.1) is 0 Å². The molecule has 0 saturated heterocycles. The molecule has 0 amide bonds. The zero-order valence-electron chi connectivity index (χ0n) is 54.9. The predicted molar refractivity (Wildman–Crippen MR) is 349 cm³/mol. The molecule has 0 aliphatic carbocycles. The van der Waals surface area contributed by atoms with Gasteiger partial charge in [0.1, 0.15) is 13.2 Å². The quantitative estimate of drug-likeness (QED) is 0.0343. The van der Waals surface area contributed by atoms with Crippen molar-refractivity contribution in [3.8, 4) is 0 Å². The first-order valence-corrected chi connectivity index (χ1v) is 37.0. The van der Waals surface area contributed by atoms with Crippen molar-refractivity contribution < 1.29 is 28.6 Å². The lowest BCUT2D eigenvalue weighted by Gasteiger charge is -2.18. The molecule has 0 aliphatic heterocycles. The first kappa shape index (κ1) is 78.4. The third kappa shape index (κ3) is 67.2. The summed E-state index contributed by atoms with van der Waals surface area (Å²) in [6, 6.07) is 0. The minimum Gasteiger partial charge on any atom is -0.462 e. The Hall–Kier alpha value is -1.59. The fourth-order valence-electron chi connectivity index (χ4n) is 11.8. The Morgan fingerprint density at radius 2 is 0.338 bits per heavy atom. The zero-order chi connectivity index (χ0) is 57.8. The van der Waals surface area contributed by atoms with Crippen LogP contribution in [0.25, 0.3) is 0 Å². The largest absolute Gasteiger partial charge is 0.462 e. The molecule has 0 heterocycles. The number of hydrogen-bond acceptors (Lipinski definition) is 6. The lowest BCUT2D eigenvalue weighted by atomic mass is 10.0. The summed E-state index contributed by atoms with van der Waals surface area (Å²) in [5, 5.41) is 0. The van der Waals surface area contributed by atoms with Crippen LogP contribution in [0.3, 0.4) is 0 Å². The van der Waals surface area contributed by atoms with Crippen LogP contribution < -0.4 is 0 Å². The van der Waals surface area contributed by atoms with Crippen molar-refractivity contribution in [2.75, 3.05) is 13.2 Å². The van der Waals surface area contributed by atoms with Crippen molar-refractivity contribution >= 4 is 17.9 Å². The van der Waals surface area contributed by atoms with Crippen LogP contribution in [0.2, 0.25) is 0 Å². The number of hydrogen-bond donors (Lipinski definition) is 0. The van der Waals surface area contributed by atoms with Gasteiger partial charge in [0, 0.05) is 19.3 Å². The van der Waals surface area contributed by atoms with Gasteiger partial charge >= 0.3 is 17.9 Å². The molecule has 0 aliphatic rings. The summed E-state index contributed by atoms with van der Waals surface area (Å²) in [5.74, 6) is -0.827. The molecule has 0 radical (unpaired) electrons. The average molecular weight is 1130 g/mol. The highest BCUT2D eigenvalue weighted by Crippen LogP contribution is 2.20. The minimum absolute atomic E-state index is 0.0608. The van der Waals surface area contributed by atoms with Gasteiger partial charge < -0.3 is 14.2 Å². The summed E-state index contributed by atoms with van der Waals surface area (Å²) in [7, 11) is 0. The third-order valence-corrected chi connectivity index (χ3v) is 17.4. The van der Waals surface area contributed by atoms with Gasteiger partial charge in [0.05, 0.1) is 0 Å². The molecule has 0 aromatic rings. The van der Waals surface area contributed by atoms with E-state index in [1.807, 2.05) is 0 Å². The van der Waals surface area contributed by atoms with Gasteiger partial charge in [-0.15, -0.1) is 0 Å². The standard InChI is InChI=1S/C74H144O6/c1-4-7-10-13-16-19-21-23-25-27-29-30-31-32-33-34-35-36-37-38-39-40-41-42-43-44-45-47-48-50-52-55-58-61-64-67-73(76)79-70-71(69-78-72(75)66-63-60-57-54-18-15-12-9-6-3)80-74(77)68-65-62-59-56-53-51-49-46-28-26-24-22-20-17-14-11-8-5-2/h71H,4-70H2,1-3H3. The lowest BCUT2D eigenvalue weighted by Crippen LogP contribution is -2.30. The van der Waals surface area contributed by atoms with Crippen LogP contribution in [0.5, 0.6) is 0 Å². The van der Waals surface area contributed by atoms with Crippen LogP contribution in [0.4, 0.5) is 0 Å². The summed E-state index contributed by atoms with van der Waals surface area (Å²) in [6.07, 6.45) is 83.2. The van der Waals surface area contributed by atoms with Crippen LogP contribution in [0.1, 0.15) is 438 Å². The van der Waals surface area contributed by atoms with E-state index in [0.717, 1.165) is 57.8 Å². The molecule has 0 rings (SSSR count). The molecule has 0 N–H and O–H groups in total. The van der Waals surface area contributed by atoms with Gasteiger partial charge in [-0.2, -0.15) is 0 Å². The third-order valence-electron chi connectivity index (χ3n) is 17.4. The summed E-state index contributed by atoms with van der Waals surface area (Å²) in [5.41, 5.74) is 0. The minimum atomic E-state index is -0.762. The van der Waals surface area contributed by atoms with E-state index in [-0.39, 0.29) is 31.1 Å². The van der Waals surface area contributed by atoms with Gasteiger partial charge in [0.15, 0.2) is 6.10 Å². The molecule has 6 nitrogen and oxygen atoms in total. The number of ether oxygens (including phenoxy) is 3. The Morgan fingerprint density at radius 1 is 0.200 bits per heavy atom. The second kappa shape index (κ2) is 69.9. The normalized spacial score (nSPS) is 11.9. The maximum Gasteiger partial charge on any atom is 0.306 e. The van der Waals surface area contributed by atoms with Crippen LogP contribution in [-0.2, 0) is 28.6 Å².